The lowest BCUT2D eigenvalue weighted by Crippen LogP contribution is -2.51. The number of H-pyrrole nitrogens is 2. The third-order valence-corrected chi connectivity index (χ3v) is 10.9. The Morgan fingerprint density at radius 2 is 1.31 bits per heavy atom. The van der Waals surface area contributed by atoms with Crippen LogP contribution in [0.4, 0.5) is 13.6 Å². The molecule has 288 valence electrons. The van der Waals surface area contributed by atoms with Gasteiger partial charge in [-0.3, -0.25) is 14.5 Å². The first-order valence-corrected chi connectivity index (χ1v) is 18.8. The number of rotatable bonds is 12. The van der Waals surface area contributed by atoms with E-state index in [1.54, 1.807) is 41.6 Å². The van der Waals surface area contributed by atoms with Crippen LogP contribution in [0.25, 0.3) is 33.6 Å². The van der Waals surface area contributed by atoms with Crippen molar-refractivity contribution < 1.29 is 27.9 Å². The van der Waals surface area contributed by atoms with E-state index in [9.17, 15) is 14.4 Å². The van der Waals surface area contributed by atoms with Gasteiger partial charge >= 0.3 is 6.09 Å². The second kappa shape index (κ2) is 16.5. The lowest BCUT2D eigenvalue weighted by molar-refractivity contribution is -0.137. The Labute approximate surface area is 314 Å². The number of amides is 3. The topological polar surface area (TPSA) is 140 Å². The van der Waals surface area contributed by atoms with Gasteiger partial charge in [-0.25, -0.2) is 23.5 Å². The van der Waals surface area contributed by atoms with Crippen molar-refractivity contribution in [1.82, 2.24) is 40.0 Å². The monoisotopic (exact) mass is 744 g/mol. The number of methoxy groups -OCH3 is 1. The second-order valence-corrected chi connectivity index (χ2v) is 14.4. The predicted molar refractivity (Wildman–Crippen MR) is 201 cm³/mol. The molecular formula is C40H50F2N8O4. The van der Waals surface area contributed by atoms with Gasteiger partial charge in [0, 0.05) is 24.2 Å². The highest BCUT2D eigenvalue weighted by Crippen LogP contribution is 2.36. The molecule has 14 heteroatoms. The van der Waals surface area contributed by atoms with Crippen molar-refractivity contribution in [2.45, 2.75) is 84.5 Å². The molecule has 0 bridgehead atoms. The highest BCUT2D eigenvalue weighted by atomic mass is 19.1. The first-order chi connectivity index (χ1) is 25.9. The fourth-order valence-electron chi connectivity index (χ4n) is 7.79. The SMILES string of the molecule is CCN(CC)[C@H](C)C(=O)N1CCC[C@H]1c1ncc(-c2ccc(-c3ccc(-c4cnc([C@@H]5CCCN5C(=O)[C@@H](NC(=O)OC)C(C)C)[nH]4)c(F)c3)cc2F)[nH]1. The number of aromatic nitrogens is 4. The molecule has 0 radical (unpaired) electrons. The molecule has 54 heavy (non-hydrogen) atoms. The van der Waals surface area contributed by atoms with Crippen LogP contribution >= 0.6 is 0 Å². The number of likely N-dealkylation sites (N-methyl/N-ethyl adjacent to an activating group) is 1. The number of nitrogens with one attached hydrogen (secondary N) is 3. The molecular weight excluding hydrogens is 694 g/mol. The molecule has 4 heterocycles. The highest BCUT2D eigenvalue weighted by Gasteiger charge is 2.38. The van der Waals surface area contributed by atoms with Crippen LogP contribution in [0.2, 0.25) is 0 Å². The van der Waals surface area contributed by atoms with Crippen LogP contribution in [-0.4, -0.2) is 97.9 Å². The van der Waals surface area contributed by atoms with Gasteiger partial charge in [0.05, 0.1) is 49.0 Å². The van der Waals surface area contributed by atoms with Gasteiger partial charge < -0.3 is 29.8 Å². The Hall–Kier alpha value is -5.11. The molecule has 6 rings (SSSR count). The van der Waals surface area contributed by atoms with Gasteiger partial charge in [0.2, 0.25) is 11.8 Å². The number of benzene rings is 2. The summed E-state index contributed by atoms with van der Waals surface area (Å²) in [6, 6.07) is 7.91. The van der Waals surface area contributed by atoms with E-state index in [1.807, 2.05) is 39.5 Å². The van der Waals surface area contributed by atoms with E-state index in [0.29, 0.717) is 59.2 Å². The van der Waals surface area contributed by atoms with Gasteiger partial charge in [-0.2, -0.15) is 0 Å². The molecule has 0 aliphatic carbocycles. The number of halogens is 2. The summed E-state index contributed by atoms with van der Waals surface area (Å²) in [6.45, 7) is 12.5. The van der Waals surface area contributed by atoms with Gasteiger partial charge in [-0.15, -0.1) is 0 Å². The quantitative estimate of drug-likeness (QED) is 0.144. The van der Waals surface area contributed by atoms with E-state index in [4.69, 9.17) is 4.74 Å². The number of ether oxygens (including phenoxy) is 1. The molecule has 3 N–H and O–H groups in total. The number of hydrogen-bond acceptors (Lipinski definition) is 7. The number of hydrogen-bond donors (Lipinski definition) is 3. The number of likely N-dealkylation sites (tertiary alicyclic amines) is 2. The Morgan fingerprint density at radius 3 is 1.74 bits per heavy atom. The molecule has 2 saturated heterocycles. The number of aromatic amines is 2. The van der Waals surface area contributed by atoms with Crippen molar-refractivity contribution in [2.75, 3.05) is 33.3 Å². The first-order valence-electron chi connectivity index (χ1n) is 18.8. The van der Waals surface area contributed by atoms with Gasteiger partial charge in [0.15, 0.2) is 0 Å². The second-order valence-electron chi connectivity index (χ2n) is 14.4. The first kappa shape index (κ1) is 38.6. The minimum absolute atomic E-state index is 0.0690. The standard InChI is InChI=1S/C40H50F2N8O4/c1-7-48(8-2)24(5)38(51)49-17-9-11-33(49)36-43-21-31(45-36)27-15-13-25(19-29(27)41)26-14-16-28(30(42)20-26)32-22-44-37(46-32)34-12-10-18-50(34)39(52)35(23(3)4)47-40(53)54-6/h13-16,19-24,33-35H,7-12,17-18H2,1-6H3,(H,43,45)(H,44,46)(H,47,53)/t24-,33+,34+,35+/m1/s1. The summed E-state index contributed by atoms with van der Waals surface area (Å²) in [5.74, 6) is -0.173. The molecule has 3 amide bonds. The summed E-state index contributed by atoms with van der Waals surface area (Å²) in [5, 5.41) is 2.64. The summed E-state index contributed by atoms with van der Waals surface area (Å²) in [7, 11) is 1.25. The van der Waals surface area contributed by atoms with Crippen molar-refractivity contribution in [3.63, 3.8) is 0 Å². The van der Waals surface area contributed by atoms with Gasteiger partial charge in [0.25, 0.3) is 0 Å². The molecule has 0 saturated carbocycles. The van der Waals surface area contributed by atoms with E-state index in [1.165, 1.54) is 19.2 Å². The highest BCUT2D eigenvalue weighted by molar-refractivity contribution is 5.86. The van der Waals surface area contributed by atoms with Gasteiger partial charge in [-0.1, -0.05) is 39.8 Å². The molecule has 4 atom stereocenters. The summed E-state index contributed by atoms with van der Waals surface area (Å²) < 4.78 is 36.1. The van der Waals surface area contributed by atoms with Crippen LogP contribution < -0.4 is 5.32 Å². The molecule has 2 fully saturated rings. The van der Waals surface area contributed by atoms with Crippen LogP contribution in [-0.2, 0) is 14.3 Å². The van der Waals surface area contributed by atoms with Crippen LogP contribution in [0.1, 0.15) is 84.0 Å². The van der Waals surface area contributed by atoms with Crippen molar-refractivity contribution in [2.24, 2.45) is 5.92 Å². The molecule has 12 nitrogen and oxygen atoms in total. The molecule has 4 aromatic rings. The zero-order valence-corrected chi connectivity index (χ0v) is 31.8. The number of imidazole rings is 2. The van der Waals surface area contributed by atoms with E-state index in [0.717, 1.165) is 32.4 Å². The lowest BCUT2D eigenvalue weighted by Gasteiger charge is -2.31. The normalized spacial score (nSPS) is 18.4. The van der Waals surface area contributed by atoms with Crippen molar-refractivity contribution in [3.8, 4) is 33.6 Å². The van der Waals surface area contributed by atoms with Gasteiger partial charge in [-0.05, 0) is 87.0 Å². The van der Waals surface area contributed by atoms with E-state index >= 15 is 8.78 Å². The van der Waals surface area contributed by atoms with Crippen LogP contribution in [0.3, 0.4) is 0 Å². The Morgan fingerprint density at radius 1 is 0.833 bits per heavy atom. The molecule has 0 spiro atoms. The molecule has 2 aliphatic heterocycles. The van der Waals surface area contributed by atoms with Gasteiger partial charge in [0.1, 0.15) is 29.3 Å². The Bertz CT molecular complexity index is 1970. The van der Waals surface area contributed by atoms with E-state index < -0.39 is 23.8 Å². The summed E-state index contributed by atoms with van der Waals surface area (Å²) >= 11 is 0. The van der Waals surface area contributed by atoms with Crippen LogP contribution in [0.5, 0.6) is 0 Å². The molecule has 2 aromatic heterocycles. The Balaban J connectivity index is 1.16. The third-order valence-electron chi connectivity index (χ3n) is 10.9. The Kier molecular flexibility index (Phi) is 11.8. The fraction of sp³-hybridized carbons (Fsp3) is 0.475. The molecule has 0 unspecified atom stereocenters. The minimum atomic E-state index is -0.764. The largest absolute Gasteiger partial charge is 0.453 e. The molecule has 2 aliphatic rings. The lowest BCUT2D eigenvalue weighted by atomic mass is 10.00. The predicted octanol–water partition coefficient (Wildman–Crippen LogP) is 6.85. The maximum atomic E-state index is 15.7. The van der Waals surface area contributed by atoms with Crippen molar-refractivity contribution in [3.05, 3.63) is 72.1 Å². The maximum Gasteiger partial charge on any atom is 0.407 e. The summed E-state index contributed by atoms with van der Waals surface area (Å²) in [4.78, 5) is 60.1. The van der Waals surface area contributed by atoms with E-state index in [-0.39, 0.29) is 41.4 Å². The smallest absolute Gasteiger partial charge is 0.407 e. The summed E-state index contributed by atoms with van der Waals surface area (Å²) in [6.07, 6.45) is 5.53. The zero-order valence-electron chi connectivity index (χ0n) is 31.8. The average Bonchev–Trinajstić information content (AvgIpc) is 4.00. The number of carbonyl (C=O) groups excluding carboxylic acids is 3. The van der Waals surface area contributed by atoms with Crippen molar-refractivity contribution >= 4 is 17.9 Å². The van der Waals surface area contributed by atoms with Crippen LogP contribution in [0, 0.1) is 17.6 Å². The van der Waals surface area contributed by atoms with Crippen molar-refractivity contribution in [1.29, 1.82) is 0 Å². The number of nitrogens with zero attached hydrogens (tertiary/aromatic N) is 5. The maximum absolute atomic E-state index is 15.7. The minimum Gasteiger partial charge on any atom is -0.453 e. The summed E-state index contributed by atoms with van der Waals surface area (Å²) in [5.41, 5.74) is 2.57. The molecule has 2 aromatic carbocycles. The average molecular weight is 745 g/mol. The number of alkyl carbamates (subject to hydrolysis) is 1. The zero-order chi connectivity index (χ0) is 38.7. The van der Waals surface area contributed by atoms with E-state index in [2.05, 4.69) is 30.2 Å². The van der Waals surface area contributed by atoms with Crippen LogP contribution in [0.15, 0.2) is 48.8 Å². The third kappa shape index (κ3) is 7.75. The fourth-order valence-corrected chi connectivity index (χ4v) is 7.79. The number of carbonyl (C=O) groups is 3.